The first kappa shape index (κ1) is 9.97. The molecule has 1 heteroatoms. The minimum absolute atomic E-state index is 0.140. The van der Waals surface area contributed by atoms with Gasteiger partial charge in [0.1, 0.15) is 0 Å². The van der Waals surface area contributed by atoms with Crippen LogP contribution in [-0.2, 0) is 0 Å². The largest absolute Gasteiger partial charge is 0.294 e. The molecule has 1 atom stereocenters. The Kier molecular flexibility index (Phi) is 3.24. The number of carbonyl (C=O) groups is 1. The second kappa shape index (κ2) is 4.22. The van der Waals surface area contributed by atoms with Crippen LogP contribution in [0.2, 0.25) is 0 Å². The molecule has 0 fully saturated rings. The maximum absolute atomic E-state index is 11.8. The zero-order valence-corrected chi connectivity index (χ0v) is 8.50. The van der Waals surface area contributed by atoms with E-state index in [4.69, 9.17) is 0 Å². The van der Waals surface area contributed by atoms with Crippen molar-refractivity contribution in [2.24, 2.45) is 5.92 Å². The fourth-order valence-electron chi connectivity index (χ4n) is 1.30. The number of Topliss-reactive ketones (excluding diaryl/α,β-unsaturated/α-hetero) is 1. The molecule has 1 aromatic rings. The van der Waals surface area contributed by atoms with Crippen molar-refractivity contribution in [3.63, 3.8) is 0 Å². The molecular weight excluding hydrogens is 160 g/mol. The molecule has 0 N–H and O–H groups in total. The first-order valence-corrected chi connectivity index (χ1v) is 4.76. The summed E-state index contributed by atoms with van der Waals surface area (Å²) in [4.78, 5) is 11.8. The van der Waals surface area contributed by atoms with E-state index >= 15 is 0 Å². The molecule has 1 rings (SSSR count). The van der Waals surface area contributed by atoms with Gasteiger partial charge >= 0.3 is 0 Å². The average Bonchev–Trinajstić information content (AvgIpc) is 2.16. The smallest absolute Gasteiger partial charge is 0.165 e. The van der Waals surface area contributed by atoms with Crippen molar-refractivity contribution >= 4 is 5.78 Å². The summed E-state index contributed by atoms with van der Waals surface area (Å²) in [5.74, 6) is 0.404. The van der Waals surface area contributed by atoms with E-state index in [2.05, 4.69) is 0 Å². The summed E-state index contributed by atoms with van der Waals surface area (Å²) in [6.45, 7) is 6.01. The minimum atomic E-state index is 0.140. The standard InChI is InChI=1S/C12H16O/c1-4-9(2)12(13)11-8-6-5-7-10(11)3/h5-9H,4H2,1-3H3/t9-/m0/s1. The van der Waals surface area contributed by atoms with E-state index in [-0.39, 0.29) is 11.7 Å². The summed E-state index contributed by atoms with van der Waals surface area (Å²) < 4.78 is 0. The number of hydrogen-bond acceptors (Lipinski definition) is 1. The third kappa shape index (κ3) is 2.18. The fourth-order valence-corrected chi connectivity index (χ4v) is 1.30. The van der Waals surface area contributed by atoms with E-state index in [1.165, 1.54) is 0 Å². The number of hydrogen-bond donors (Lipinski definition) is 0. The van der Waals surface area contributed by atoms with E-state index in [1.807, 2.05) is 45.0 Å². The van der Waals surface area contributed by atoms with E-state index in [0.717, 1.165) is 17.5 Å². The van der Waals surface area contributed by atoms with Gasteiger partial charge in [0.25, 0.3) is 0 Å². The Bertz CT molecular complexity index is 302. The molecule has 0 spiro atoms. The van der Waals surface area contributed by atoms with E-state index in [9.17, 15) is 4.79 Å². The maximum atomic E-state index is 11.8. The van der Waals surface area contributed by atoms with Crippen LogP contribution in [0.1, 0.15) is 36.2 Å². The molecule has 0 saturated heterocycles. The Hall–Kier alpha value is -1.11. The van der Waals surface area contributed by atoms with Crippen molar-refractivity contribution in [1.82, 2.24) is 0 Å². The fraction of sp³-hybridized carbons (Fsp3) is 0.417. The lowest BCUT2D eigenvalue weighted by Gasteiger charge is -2.09. The van der Waals surface area contributed by atoms with Crippen LogP contribution in [0.15, 0.2) is 24.3 Å². The van der Waals surface area contributed by atoms with Crippen molar-refractivity contribution in [3.05, 3.63) is 35.4 Å². The molecule has 0 amide bonds. The Morgan fingerprint density at radius 1 is 1.38 bits per heavy atom. The second-order valence-corrected chi connectivity index (χ2v) is 3.49. The Balaban J connectivity index is 2.95. The molecule has 1 aromatic carbocycles. The van der Waals surface area contributed by atoms with Crippen LogP contribution < -0.4 is 0 Å². The summed E-state index contributed by atoms with van der Waals surface area (Å²) in [6.07, 6.45) is 0.910. The Labute approximate surface area is 79.8 Å². The van der Waals surface area contributed by atoms with Crippen LogP contribution in [0, 0.1) is 12.8 Å². The second-order valence-electron chi connectivity index (χ2n) is 3.49. The van der Waals surface area contributed by atoms with E-state index < -0.39 is 0 Å². The molecule has 0 aromatic heterocycles. The van der Waals surface area contributed by atoms with Gasteiger partial charge in [-0.15, -0.1) is 0 Å². The lowest BCUT2D eigenvalue weighted by molar-refractivity contribution is 0.0926. The molecule has 70 valence electrons. The van der Waals surface area contributed by atoms with E-state index in [0.29, 0.717) is 0 Å². The lowest BCUT2D eigenvalue weighted by atomic mass is 9.94. The molecule has 0 aliphatic heterocycles. The van der Waals surface area contributed by atoms with E-state index in [1.54, 1.807) is 0 Å². The van der Waals surface area contributed by atoms with Crippen molar-refractivity contribution in [3.8, 4) is 0 Å². The van der Waals surface area contributed by atoms with Gasteiger partial charge in [-0.3, -0.25) is 4.79 Å². The Morgan fingerprint density at radius 2 is 2.00 bits per heavy atom. The minimum Gasteiger partial charge on any atom is -0.294 e. The van der Waals surface area contributed by atoms with Crippen molar-refractivity contribution in [1.29, 1.82) is 0 Å². The third-order valence-electron chi connectivity index (χ3n) is 2.47. The van der Waals surface area contributed by atoms with Gasteiger partial charge in [0, 0.05) is 11.5 Å². The van der Waals surface area contributed by atoms with Crippen LogP contribution in [-0.4, -0.2) is 5.78 Å². The third-order valence-corrected chi connectivity index (χ3v) is 2.47. The molecular formula is C12H16O. The number of carbonyl (C=O) groups excluding carboxylic acids is 1. The lowest BCUT2D eigenvalue weighted by Crippen LogP contribution is -2.11. The molecule has 0 aliphatic rings. The highest BCUT2D eigenvalue weighted by Gasteiger charge is 2.14. The SMILES string of the molecule is CC[C@H](C)C(=O)c1ccccc1C. The summed E-state index contributed by atoms with van der Waals surface area (Å²) in [7, 11) is 0. The van der Waals surface area contributed by atoms with Crippen molar-refractivity contribution < 1.29 is 4.79 Å². The molecule has 0 heterocycles. The van der Waals surface area contributed by atoms with Crippen LogP contribution in [0.3, 0.4) is 0 Å². The van der Waals surface area contributed by atoms with Gasteiger partial charge in [-0.25, -0.2) is 0 Å². The van der Waals surface area contributed by atoms with Gasteiger partial charge in [-0.2, -0.15) is 0 Å². The van der Waals surface area contributed by atoms with Gasteiger partial charge < -0.3 is 0 Å². The molecule has 0 radical (unpaired) electrons. The highest BCUT2D eigenvalue weighted by atomic mass is 16.1. The van der Waals surface area contributed by atoms with Gasteiger partial charge in [0.15, 0.2) is 5.78 Å². The number of rotatable bonds is 3. The average molecular weight is 176 g/mol. The monoisotopic (exact) mass is 176 g/mol. The first-order valence-electron chi connectivity index (χ1n) is 4.76. The quantitative estimate of drug-likeness (QED) is 0.646. The zero-order chi connectivity index (χ0) is 9.84. The zero-order valence-electron chi connectivity index (χ0n) is 8.50. The number of aryl methyl sites for hydroxylation is 1. The highest BCUT2D eigenvalue weighted by molar-refractivity contribution is 5.98. The van der Waals surface area contributed by atoms with Crippen LogP contribution in [0.5, 0.6) is 0 Å². The summed E-state index contributed by atoms with van der Waals surface area (Å²) in [5.41, 5.74) is 1.95. The van der Waals surface area contributed by atoms with Gasteiger partial charge in [0.2, 0.25) is 0 Å². The molecule has 0 unspecified atom stereocenters. The molecule has 0 aliphatic carbocycles. The van der Waals surface area contributed by atoms with Gasteiger partial charge in [-0.1, -0.05) is 38.1 Å². The Morgan fingerprint density at radius 3 is 2.54 bits per heavy atom. The number of benzene rings is 1. The van der Waals surface area contributed by atoms with Crippen LogP contribution in [0.4, 0.5) is 0 Å². The predicted molar refractivity (Wildman–Crippen MR) is 55.0 cm³/mol. The highest BCUT2D eigenvalue weighted by Crippen LogP contribution is 2.14. The molecule has 1 nitrogen and oxygen atoms in total. The summed E-state index contributed by atoms with van der Waals surface area (Å²) in [6, 6.07) is 7.77. The predicted octanol–water partition coefficient (Wildman–Crippen LogP) is 3.22. The van der Waals surface area contributed by atoms with Crippen LogP contribution in [0.25, 0.3) is 0 Å². The topological polar surface area (TPSA) is 17.1 Å². The molecule has 13 heavy (non-hydrogen) atoms. The van der Waals surface area contributed by atoms with Crippen molar-refractivity contribution in [2.45, 2.75) is 27.2 Å². The molecule has 0 bridgehead atoms. The first-order chi connectivity index (χ1) is 6.16. The van der Waals surface area contributed by atoms with Gasteiger partial charge in [0.05, 0.1) is 0 Å². The normalized spacial score (nSPS) is 12.5. The summed E-state index contributed by atoms with van der Waals surface area (Å²) >= 11 is 0. The van der Waals surface area contributed by atoms with Crippen LogP contribution >= 0.6 is 0 Å². The van der Waals surface area contributed by atoms with Crippen molar-refractivity contribution in [2.75, 3.05) is 0 Å². The summed E-state index contributed by atoms with van der Waals surface area (Å²) in [5, 5.41) is 0. The van der Waals surface area contributed by atoms with Gasteiger partial charge in [-0.05, 0) is 18.9 Å². The maximum Gasteiger partial charge on any atom is 0.165 e. The number of ketones is 1. The molecule has 0 saturated carbocycles.